The average molecular weight is 316 g/mol. The molecule has 2 aliphatic rings. The summed E-state index contributed by atoms with van der Waals surface area (Å²) in [4.78, 5) is 14.5. The van der Waals surface area contributed by atoms with Gasteiger partial charge in [0.2, 0.25) is 0 Å². The number of rotatable bonds is 5. The number of carbonyl (C=O) groups excluding carboxylic acids is 1. The van der Waals surface area contributed by atoms with Gasteiger partial charge in [0, 0.05) is 31.7 Å². The minimum atomic E-state index is 0.0498. The van der Waals surface area contributed by atoms with Crippen LogP contribution in [0.4, 0.5) is 4.79 Å². The SMILES string of the molecule is O=C(NC(Cc1ccccc1)C1CCCC1)N1CCC(CO)C1. The van der Waals surface area contributed by atoms with Gasteiger partial charge >= 0.3 is 6.03 Å². The van der Waals surface area contributed by atoms with E-state index in [0.29, 0.717) is 12.5 Å². The van der Waals surface area contributed by atoms with Crippen LogP contribution in [0.3, 0.4) is 0 Å². The van der Waals surface area contributed by atoms with Crippen molar-refractivity contribution in [2.45, 2.75) is 44.6 Å². The molecule has 1 heterocycles. The summed E-state index contributed by atoms with van der Waals surface area (Å²) < 4.78 is 0. The number of hydrogen-bond donors (Lipinski definition) is 2. The Balaban J connectivity index is 1.62. The van der Waals surface area contributed by atoms with E-state index in [1.807, 2.05) is 11.0 Å². The first kappa shape index (κ1) is 16.3. The van der Waals surface area contributed by atoms with E-state index in [0.717, 1.165) is 19.4 Å². The molecule has 1 aliphatic carbocycles. The van der Waals surface area contributed by atoms with Gasteiger partial charge in [0.05, 0.1) is 0 Å². The summed E-state index contributed by atoms with van der Waals surface area (Å²) in [6.07, 6.45) is 6.82. The van der Waals surface area contributed by atoms with E-state index in [4.69, 9.17) is 0 Å². The maximum Gasteiger partial charge on any atom is 0.317 e. The highest BCUT2D eigenvalue weighted by atomic mass is 16.3. The molecule has 2 atom stereocenters. The van der Waals surface area contributed by atoms with E-state index >= 15 is 0 Å². The second-order valence-corrected chi connectivity index (χ2v) is 7.07. The van der Waals surface area contributed by atoms with Crippen LogP contribution < -0.4 is 5.32 Å². The minimum absolute atomic E-state index is 0.0498. The van der Waals surface area contributed by atoms with Crippen LogP contribution in [-0.4, -0.2) is 41.8 Å². The van der Waals surface area contributed by atoms with E-state index < -0.39 is 0 Å². The predicted octanol–water partition coefficient (Wildman–Crippen LogP) is 2.81. The predicted molar refractivity (Wildman–Crippen MR) is 91.2 cm³/mol. The first-order valence-electron chi connectivity index (χ1n) is 8.96. The molecule has 0 radical (unpaired) electrons. The van der Waals surface area contributed by atoms with Crippen molar-refractivity contribution < 1.29 is 9.90 Å². The van der Waals surface area contributed by atoms with Crippen LogP contribution in [0.1, 0.15) is 37.7 Å². The van der Waals surface area contributed by atoms with Gasteiger partial charge in [0.15, 0.2) is 0 Å². The molecule has 23 heavy (non-hydrogen) atoms. The molecule has 126 valence electrons. The fourth-order valence-electron chi connectivity index (χ4n) is 3.98. The average Bonchev–Trinajstić information content (AvgIpc) is 3.27. The highest BCUT2D eigenvalue weighted by Crippen LogP contribution is 2.29. The first-order valence-corrected chi connectivity index (χ1v) is 8.96. The van der Waals surface area contributed by atoms with Crippen LogP contribution >= 0.6 is 0 Å². The van der Waals surface area contributed by atoms with Crippen molar-refractivity contribution in [3.05, 3.63) is 35.9 Å². The molecule has 1 saturated heterocycles. The Bertz CT molecular complexity index is 499. The summed E-state index contributed by atoms with van der Waals surface area (Å²) in [5, 5.41) is 12.6. The Kier molecular flexibility index (Phi) is 5.55. The number of amides is 2. The molecule has 1 aliphatic heterocycles. The number of nitrogens with zero attached hydrogens (tertiary/aromatic N) is 1. The van der Waals surface area contributed by atoms with Crippen molar-refractivity contribution in [2.75, 3.05) is 19.7 Å². The van der Waals surface area contributed by atoms with E-state index in [1.165, 1.54) is 31.2 Å². The standard InChI is InChI=1S/C19H28N2O2/c22-14-16-10-11-21(13-16)19(23)20-18(17-8-4-5-9-17)12-15-6-2-1-3-7-15/h1-3,6-7,16-18,22H,4-5,8-14H2,(H,20,23). The molecule has 1 aromatic rings. The van der Waals surface area contributed by atoms with Crippen LogP contribution in [0, 0.1) is 11.8 Å². The maximum atomic E-state index is 12.6. The first-order chi connectivity index (χ1) is 11.3. The van der Waals surface area contributed by atoms with Gasteiger partial charge in [-0.1, -0.05) is 43.2 Å². The minimum Gasteiger partial charge on any atom is -0.396 e. The third-order valence-corrected chi connectivity index (χ3v) is 5.41. The molecule has 2 unspecified atom stereocenters. The van der Waals surface area contributed by atoms with Crippen molar-refractivity contribution in [1.82, 2.24) is 10.2 Å². The van der Waals surface area contributed by atoms with Crippen LogP contribution in [0.5, 0.6) is 0 Å². The Hall–Kier alpha value is -1.55. The Labute approximate surface area is 138 Å². The lowest BCUT2D eigenvalue weighted by Crippen LogP contribution is -2.47. The Morgan fingerprint density at radius 1 is 1.22 bits per heavy atom. The fourth-order valence-corrected chi connectivity index (χ4v) is 3.98. The number of nitrogens with one attached hydrogen (secondary N) is 1. The van der Waals surface area contributed by atoms with Crippen molar-refractivity contribution in [3.8, 4) is 0 Å². The van der Waals surface area contributed by atoms with Gasteiger partial charge < -0.3 is 15.3 Å². The van der Waals surface area contributed by atoms with Crippen molar-refractivity contribution in [2.24, 2.45) is 11.8 Å². The van der Waals surface area contributed by atoms with Crippen LogP contribution in [0.15, 0.2) is 30.3 Å². The molecule has 3 rings (SSSR count). The number of urea groups is 1. The zero-order valence-electron chi connectivity index (χ0n) is 13.8. The molecule has 2 N–H and O–H groups in total. The zero-order chi connectivity index (χ0) is 16.1. The van der Waals surface area contributed by atoms with Gasteiger partial charge in [-0.15, -0.1) is 0 Å². The summed E-state index contributed by atoms with van der Waals surface area (Å²) in [6.45, 7) is 1.63. The van der Waals surface area contributed by atoms with E-state index in [1.54, 1.807) is 0 Å². The maximum absolute atomic E-state index is 12.6. The highest BCUT2D eigenvalue weighted by molar-refractivity contribution is 5.75. The lowest BCUT2D eigenvalue weighted by Gasteiger charge is -2.28. The zero-order valence-corrected chi connectivity index (χ0v) is 13.8. The van der Waals surface area contributed by atoms with Crippen molar-refractivity contribution >= 4 is 6.03 Å². The van der Waals surface area contributed by atoms with E-state index in [2.05, 4.69) is 29.6 Å². The summed E-state index contributed by atoms with van der Waals surface area (Å²) in [7, 11) is 0. The molecule has 2 amide bonds. The monoisotopic (exact) mass is 316 g/mol. The van der Waals surface area contributed by atoms with Crippen LogP contribution in [0.2, 0.25) is 0 Å². The molecule has 1 aromatic carbocycles. The van der Waals surface area contributed by atoms with Gasteiger partial charge in [-0.25, -0.2) is 4.79 Å². The number of carbonyl (C=O) groups is 1. The summed E-state index contributed by atoms with van der Waals surface area (Å²) in [5.41, 5.74) is 1.29. The number of benzene rings is 1. The molecule has 1 saturated carbocycles. The van der Waals surface area contributed by atoms with Crippen LogP contribution in [0.25, 0.3) is 0 Å². The molecule has 2 fully saturated rings. The van der Waals surface area contributed by atoms with Gasteiger partial charge in [-0.3, -0.25) is 0 Å². The molecule has 4 heteroatoms. The topological polar surface area (TPSA) is 52.6 Å². The molecule has 0 aromatic heterocycles. The molecule has 4 nitrogen and oxygen atoms in total. The van der Waals surface area contributed by atoms with Crippen molar-refractivity contribution in [1.29, 1.82) is 0 Å². The quantitative estimate of drug-likeness (QED) is 0.877. The summed E-state index contributed by atoms with van der Waals surface area (Å²) in [5.74, 6) is 0.843. The number of likely N-dealkylation sites (tertiary alicyclic amines) is 1. The van der Waals surface area contributed by atoms with Gasteiger partial charge in [-0.05, 0) is 37.2 Å². The lowest BCUT2D eigenvalue weighted by atomic mass is 9.92. The normalized spacial score (nSPS) is 23.2. The summed E-state index contributed by atoms with van der Waals surface area (Å²) >= 11 is 0. The molecular weight excluding hydrogens is 288 g/mol. The number of aliphatic hydroxyl groups excluding tert-OH is 1. The van der Waals surface area contributed by atoms with Crippen LogP contribution in [-0.2, 0) is 6.42 Å². The smallest absolute Gasteiger partial charge is 0.317 e. The second-order valence-electron chi connectivity index (χ2n) is 7.07. The van der Waals surface area contributed by atoms with E-state index in [9.17, 15) is 9.90 Å². The Morgan fingerprint density at radius 2 is 1.96 bits per heavy atom. The van der Waals surface area contributed by atoms with Gasteiger partial charge in [0.1, 0.15) is 0 Å². The number of aliphatic hydroxyl groups is 1. The van der Waals surface area contributed by atoms with E-state index in [-0.39, 0.29) is 24.6 Å². The fraction of sp³-hybridized carbons (Fsp3) is 0.632. The number of hydrogen-bond acceptors (Lipinski definition) is 2. The largest absolute Gasteiger partial charge is 0.396 e. The van der Waals surface area contributed by atoms with Crippen molar-refractivity contribution in [3.63, 3.8) is 0 Å². The molecule has 0 bridgehead atoms. The lowest BCUT2D eigenvalue weighted by molar-refractivity contribution is 0.190. The third kappa shape index (κ3) is 4.25. The Morgan fingerprint density at radius 3 is 2.61 bits per heavy atom. The van der Waals surface area contributed by atoms with Gasteiger partial charge in [0.25, 0.3) is 0 Å². The second kappa shape index (κ2) is 7.82. The van der Waals surface area contributed by atoms with Gasteiger partial charge in [-0.2, -0.15) is 0 Å². The summed E-state index contributed by atoms with van der Waals surface area (Å²) in [6, 6.07) is 10.7. The molecular formula is C19H28N2O2. The molecule has 0 spiro atoms. The highest BCUT2D eigenvalue weighted by Gasteiger charge is 2.30. The third-order valence-electron chi connectivity index (χ3n) is 5.41.